The van der Waals surface area contributed by atoms with Gasteiger partial charge in [-0.3, -0.25) is 23.7 Å². The largest absolute Gasteiger partial charge is 0.501 e. The van der Waals surface area contributed by atoms with Gasteiger partial charge in [-0.2, -0.15) is 5.10 Å². The van der Waals surface area contributed by atoms with Crippen molar-refractivity contribution in [2.45, 2.75) is 44.3 Å². The van der Waals surface area contributed by atoms with Crippen LogP contribution in [0, 0.1) is 5.92 Å². The van der Waals surface area contributed by atoms with E-state index in [0.29, 0.717) is 25.2 Å². The van der Waals surface area contributed by atoms with E-state index in [1.165, 1.54) is 29.9 Å². The number of amides is 3. The molecule has 0 saturated heterocycles. The molecule has 38 heavy (non-hydrogen) atoms. The van der Waals surface area contributed by atoms with E-state index in [1.807, 2.05) is 24.3 Å². The Bertz CT molecular complexity index is 1450. The molecule has 6 rings (SSSR count). The highest BCUT2D eigenvalue weighted by atomic mass is 16.3. The maximum absolute atomic E-state index is 13.1. The van der Waals surface area contributed by atoms with Crippen LogP contribution in [0.4, 0.5) is 0 Å². The van der Waals surface area contributed by atoms with Gasteiger partial charge in [0.1, 0.15) is 18.5 Å². The Kier molecular flexibility index (Phi) is 6.66. The number of likely N-dealkylation sites (N-methyl/N-ethyl adjacent to an activating group) is 1. The Morgan fingerprint density at radius 3 is 2.76 bits per heavy atom. The summed E-state index contributed by atoms with van der Waals surface area (Å²) < 4.78 is 2.98. The van der Waals surface area contributed by atoms with Crippen molar-refractivity contribution in [3.63, 3.8) is 0 Å². The molecule has 3 aliphatic rings. The van der Waals surface area contributed by atoms with E-state index in [9.17, 15) is 24.3 Å². The minimum Gasteiger partial charge on any atom is -0.501 e. The maximum Gasteiger partial charge on any atom is 0.311 e. The zero-order chi connectivity index (χ0) is 27.0. The average Bonchev–Trinajstić information content (AvgIpc) is 3.34. The molecule has 1 fully saturated rings. The zero-order valence-electron chi connectivity index (χ0n) is 21.0. The molecule has 2 aromatic heterocycles. The molecule has 1 saturated carbocycles. The van der Waals surface area contributed by atoms with E-state index in [4.69, 9.17) is 0 Å². The lowest BCUT2D eigenvalue weighted by atomic mass is 9.79. The molecular weight excluding hydrogens is 492 g/mol. The van der Waals surface area contributed by atoms with Gasteiger partial charge >= 0.3 is 11.8 Å². The number of nitrogens with one attached hydrogen (secondary N) is 2. The van der Waals surface area contributed by atoms with Crippen LogP contribution < -0.4 is 16.2 Å². The molecule has 2 aliphatic heterocycles. The van der Waals surface area contributed by atoms with Gasteiger partial charge in [0.25, 0.3) is 11.5 Å². The van der Waals surface area contributed by atoms with Crippen LogP contribution in [0.15, 0.2) is 41.7 Å². The molecule has 3 aromatic rings. The van der Waals surface area contributed by atoms with Crippen molar-refractivity contribution in [3.8, 4) is 11.4 Å². The van der Waals surface area contributed by atoms with Crippen molar-refractivity contribution < 1.29 is 19.5 Å². The van der Waals surface area contributed by atoms with Crippen LogP contribution in [-0.4, -0.2) is 72.2 Å². The molecule has 2 bridgehead atoms. The molecule has 1 aromatic carbocycles. The third kappa shape index (κ3) is 4.74. The van der Waals surface area contributed by atoms with Crippen LogP contribution in [0.2, 0.25) is 0 Å². The summed E-state index contributed by atoms with van der Waals surface area (Å²) >= 11 is 0. The van der Waals surface area contributed by atoms with Crippen molar-refractivity contribution in [1.29, 1.82) is 0 Å². The predicted molar refractivity (Wildman–Crippen MR) is 133 cm³/mol. The second kappa shape index (κ2) is 10.1. The van der Waals surface area contributed by atoms with Gasteiger partial charge in [-0.15, -0.1) is 0 Å². The van der Waals surface area contributed by atoms with Gasteiger partial charge in [-0.05, 0) is 42.9 Å². The van der Waals surface area contributed by atoms with E-state index >= 15 is 0 Å². The maximum atomic E-state index is 13.1. The van der Waals surface area contributed by atoms with Crippen molar-refractivity contribution in [2.24, 2.45) is 5.92 Å². The molecule has 13 heteroatoms. The number of fused-ring (bicyclic) bond motifs is 2. The number of nitrogens with zero attached hydrogens (tertiary/aromatic N) is 6. The molecule has 3 amide bonds. The van der Waals surface area contributed by atoms with E-state index in [0.717, 1.165) is 17.7 Å². The summed E-state index contributed by atoms with van der Waals surface area (Å²) in [6.07, 6.45) is 4.96. The number of carbonyl (C=O) groups excluding carboxylic acids is 3. The minimum absolute atomic E-state index is 0.0584. The molecule has 3 atom stereocenters. The fourth-order valence-corrected chi connectivity index (χ4v) is 5.18. The Balaban J connectivity index is 1.39. The molecule has 1 aliphatic carbocycles. The molecule has 0 spiro atoms. The molecule has 198 valence electrons. The van der Waals surface area contributed by atoms with Crippen molar-refractivity contribution in [3.05, 3.63) is 64.4 Å². The third-order valence-electron chi connectivity index (χ3n) is 7.09. The van der Waals surface area contributed by atoms with E-state index < -0.39 is 35.1 Å². The van der Waals surface area contributed by atoms with Crippen LogP contribution in [-0.2, 0) is 22.7 Å². The molecule has 3 unspecified atom stereocenters. The third-order valence-corrected chi connectivity index (χ3v) is 7.09. The normalized spacial score (nSPS) is 19.8. The summed E-state index contributed by atoms with van der Waals surface area (Å²) in [5, 5.41) is 20.2. The molecule has 3 N–H and O–H groups in total. The molecule has 0 radical (unpaired) electrons. The summed E-state index contributed by atoms with van der Waals surface area (Å²) in [5.74, 6) is -2.81. The summed E-state index contributed by atoms with van der Waals surface area (Å²) in [7, 11) is 2.99. The SMILES string of the molecule is CN(C)C(=O)C(=O)NC1CC2CCC1c1nc(C(=O)NCc3cccc(-n4cncn4)c3)c(O)c(=O)n1C2. The zero-order valence-corrected chi connectivity index (χ0v) is 21.0. The lowest BCUT2D eigenvalue weighted by Gasteiger charge is -2.32. The smallest absolute Gasteiger partial charge is 0.311 e. The number of hydrogen-bond acceptors (Lipinski definition) is 8. The Morgan fingerprint density at radius 1 is 1.21 bits per heavy atom. The van der Waals surface area contributed by atoms with Gasteiger partial charge in [0.2, 0.25) is 5.75 Å². The summed E-state index contributed by atoms with van der Waals surface area (Å²) in [6, 6.07) is 6.88. The van der Waals surface area contributed by atoms with E-state index in [2.05, 4.69) is 25.7 Å². The van der Waals surface area contributed by atoms with Crippen LogP contribution in [0.5, 0.6) is 5.75 Å². The molecule has 4 heterocycles. The Labute approximate surface area is 217 Å². The molecular formula is C25H28N8O5. The second-order valence-corrected chi connectivity index (χ2v) is 9.84. The highest BCUT2D eigenvalue weighted by molar-refractivity contribution is 6.34. The van der Waals surface area contributed by atoms with E-state index in [-0.39, 0.29) is 24.1 Å². The lowest BCUT2D eigenvalue weighted by molar-refractivity contribution is -0.144. The summed E-state index contributed by atoms with van der Waals surface area (Å²) in [6.45, 7) is 0.438. The first-order chi connectivity index (χ1) is 18.2. The predicted octanol–water partition coefficient (Wildman–Crippen LogP) is -0.0701. The number of carbonyl (C=O) groups is 3. The van der Waals surface area contributed by atoms with Crippen molar-refractivity contribution >= 4 is 17.7 Å². The van der Waals surface area contributed by atoms with Gasteiger partial charge < -0.3 is 20.6 Å². The van der Waals surface area contributed by atoms with Gasteiger partial charge in [0.15, 0.2) is 5.69 Å². The van der Waals surface area contributed by atoms with E-state index in [1.54, 1.807) is 11.0 Å². The monoisotopic (exact) mass is 520 g/mol. The van der Waals surface area contributed by atoms with Crippen LogP contribution in [0.3, 0.4) is 0 Å². The number of rotatable bonds is 5. The van der Waals surface area contributed by atoms with Crippen LogP contribution in [0.25, 0.3) is 5.69 Å². The van der Waals surface area contributed by atoms with Crippen LogP contribution in [0.1, 0.15) is 47.1 Å². The number of aromatic hydroxyl groups is 1. The lowest BCUT2D eigenvalue weighted by Crippen LogP contribution is -2.48. The van der Waals surface area contributed by atoms with Gasteiger partial charge in [0.05, 0.1) is 5.69 Å². The van der Waals surface area contributed by atoms with Crippen LogP contribution >= 0.6 is 0 Å². The standard InChI is InChI=1S/C25H28N8O5/c1-31(2)25(38)23(36)29-18-9-15-6-7-17(18)21-30-19(20(34)24(37)32(21)11-15)22(35)27-10-14-4-3-5-16(8-14)33-13-26-12-28-33/h3-5,8,12-13,15,17-18,34H,6-7,9-11H2,1-2H3,(H,27,35)(H,29,36). The second-order valence-electron chi connectivity index (χ2n) is 9.84. The fourth-order valence-electron chi connectivity index (χ4n) is 5.18. The highest BCUT2D eigenvalue weighted by Gasteiger charge is 2.41. The summed E-state index contributed by atoms with van der Waals surface area (Å²) in [4.78, 5) is 60.4. The molecule has 13 nitrogen and oxygen atoms in total. The number of hydrogen-bond donors (Lipinski definition) is 3. The first kappa shape index (κ1) is 25.1. The van der Waals surface area contributed by atoms with Crippen molar-refractivity contribution in [2.75, 3.05) is 14.1 Å². The fraction of sp³-hybridized carbons (Fsp3) is 0.400. The van der Waals surface area contributed by atoms with Crippen molar-refractivity contribution in [1.82, 2.24) is 39.8 Å². The Morgan fingerprint density at radius 2 is 2.03 bits per heavy atom. The summed E-state index contributed by atoms with van der Waals surface area (Å²) in [5.41, 5.74) is 0.467. The number of aromatic nitrogens is 5. The first-order valence-electron chi connectivity index (χ1n) is 12.3. The highest BCUT2D eigenvalue weighted by Crippen LogP contribution is 2.39. The topological polar surface area (TPSA) is 164 Å². The Hall–Kier alpha value is -4.55. The average molecular weight is 521 g/mol. The van der Waals surface area contributed by atoms with Gasteiger partial charge in [0, 0.05) is 39.1 Å². The first-order valence-corrected chi connectivity index (χ1v) is 12.3. The number of benzene rings is 1. The quantitative estimate of drug-likeness (QED) is 0.394. The van der Waals surface area contributed by atoms with Gasteiger partial charge in [-0.1, -0.05) is 12.1 Å². The minimum atomic E-state index is -0.730. The van der Waals surface area contributed by atoms with Gasteiger partial charge in [-0.25, -0.2) is 14.6 Å².